The van der Waals surface area contributed by atoms with Crippen molar-refractivity contribution >= 4 is 12.7 Å². The van der Waals surface area contributed by atoms with Gasteiger partial charge in [0.2, 0.25) is 0 Å². The van der Waals surface area contributed by atoms with Crippen LogP contribution in [0.25, 0.3) is 0 Å². The second-order valence-corrected chi connectivity index (χ2v) is 4.05. The maximum Gasteiger partial charge on any atom is 0.333 e. The predicted molar refractivity (Wildman–Crippen MR) is 70.7 cm³/mol. The van der Waals surface area contributed by atoms with Gasteiger partial charge in [0.15, 0.2) is 0 Å². The van der Waals surface area contributed by atoms with Crippen LogP contribution in [-0.2, 0) is 14.3 Å². The van der Waals surface area contributed by atoms with Gasteiger partial charge in [0.05, 0.1) is 26.0 Å². The fourth-order valence-electron chi connectivity index (χ4n) is 1.59. The second-order valence-electron chi connectivity index (χ2n) is 4.05. The van der Waals surface area contributed by atoms with Crippen molar-refractivity contribution in [1.29, 1.82) is 0 Å². The fraction of sp³-hybridized carbons (Fsp3) is 0.538. The number of aliphatic imine (C=N–C) groups is 1. The summed E-state index contributed by atoms with van der Waals surface area (Å²) in [5.41, 5.74) is 1.38. The molecular formula is C13H20N2O3. The summed E-state index contributed by atoms with van der Waals surface area (Å²) in [4.78, 5) is 17.4. The molecule has 0 aromatic heterocycles. The molecule has 0 saturated carbocycles. The number of nitrogens with zero attached hydrogens (tertiary/aromatic N) is 2. The number of hydrogen-bond donors (Lipinski definition) is 0. The van der Waals surface area contributed by atoms with Gasteiger partial charge in [0.25, 0.3) is 0 Å². The molecule has 100 valence electrons. The van der Waals surface area contributed by atoms with Gasteiger partial charge >= 0.3 is 5.97 Å². The van der Waals surface area contributed by atoms with Crippen molar-refractivity contribution in [2.75, 3.05) is 40.0 Å². The van der Waals surface area contributed by atoms with Crippen molar-refractivity contribution in [3.8, 4) is 0 Å². The number of rotatable bonds is 5. The number of ether oxygens (including phenoxy) is 2. The first-order valence-electron chi connectivity index (χ1n) is 5.90. The van der Waals surface area contributed by atoms with E-state index in [0.29, 0.717) is 5.57 Å². The summed E-state index contributed by atoms with van der Waals surface area (Å²) in [5.74, 6) is -0.332. The molecule has 0 radical (unpaired) electrons. The number of allylic oxidation sites excluding steroid dienone is 2. The number of hydrogen-bond acceptors (Lipinski definition) is 5. The maximum atomic E-state index is 11.2. The zero-order chi connectivity index (χ0) is 13.4. The quantitative estimate of drug-likeness (QED) is 0.317. The van der Waals surface area contributed by atoms with Crippen LogP contribution in [0.1, 0.15) is 6.92 Å². The Bertz CT molecular complexity index is 355. The summed E-state index contributed by atoms with van der Waals surface area (Å²) >= 11 is 0. The minimum Gasteiger partial charge on any atom is -0.466 e. The molecule has 1 heterocycles. The molecule has 1 fully saturated rings. The van der Waals surface area contributed by atoms with Gasteiger partial charge in [-0.15, -0.1) is 0 Å². The largest absolute Gasteiger partial charge is 0.466 e. The lowest BCUT2D eigenvalue weighted by molar-refractivity contribution is -0.136. The normalized spacial score (nSPS) is 18.6. The van der Waals surface area contributed by atoms with Gasteiger partial charge in [-0.3, -0.25) is 9.89 Å². The summed E-state index contributed by atoms with van der Waals surface area (Å²) in [6.45, 7) is 9.27. The molecule has 1 aliphatic heterocycles. The van der Waals surface area contributed by atoms with Crippen LogP contribution in [0, 0.1) is 0 Å². The van der Waals surface area contributed by atoms with E-state index in [4.69, 9.17) is 4.74 Å². The molecule has 1 saturated heterocycles. The second kappa shape index (κ2) is 7.79. The van der Waals surface area contributed by atoms with Crippen molar-refractivity contribution in [1.82, 2.24) is 4.90 Å². The Balaban J connectivity index is 2.59. The lowest BCUT2D eigenvalue weighted by Crippen LogP contribution is -2.37. The van der Waals surface area contributed by atoms with E-state index in [1.807, 2.05) is 0 Å². The summed E-state index contributed by atoms with van der Waals surface area (Å²) in [5, 5.41) is 0. The number of carbonyl (C=O) groups is 1. The van der Waals surface area contributed by atoms with Gasteiger partial charge in [0.1, 0.15) is 0 Å². The molecular weight excluding hydrogens is 232 g/mol. The molecule has 1 rings (SSSR count). The van der Waals surface area contributed by atoms with Crippen LogP contribution >= 0.6 is 0 Å². The maximum absolute atomic E-state index is 11.2. The Labute approximate surface area is 108 Å². The van der Waals surface area contributed by atoms with E-state index < -0.39 is 0 Å². The average Bonchev–Trinajstić information content (AvgIpc) is 2.43. The summed E-state index contributed by atoms with van der Waals surface area (Å²) in [6.07, 6.45) is 3.50. The molecule has 0 spiro atoms. The number of esters is 1. The minimum atomic E-state index is -0.332. The van der Waals surface area contributed by atoms with Crippen molar-refractivity contribution < 1.29 is 14.3 Å². The third-order valence-corrected chi connectivity index (χ3v) is 2.73. The highest BCUT2D eigenvalue weighted by molar-refractivity contribution is 5.87. The molecule has 18 heavy (non-hydrogen) atoms. The van der Waals surface area contributed by atoms with Crippen molar-refractivity contribution in [3.63, 3.8) is 0 Å². The van der Waals surface area contributed by atoms with Gasteiger partial charge in [-0.2, -0.15) is 0 Å². The van der Waals surface area contributed by atoms with Crippen LogP contribution in [0.5, 0.6) is 0 Å². The zero-order valence-corrected chi connectivity index (χ0v) is 11.0. The molecule has 0 unspecified atom stereocenters. The standard InChI is InChI=1S/C13H20N2O3/c1-11(13(16)17-3)4-5-12(14-2)10-15-6-8-18-9-7-15/h4-5H,2,6-10H2,1,3H3/b11-4+,12-5-. The molecule has 0 amide bonds. The van der Waals surface area contributed by atoms with Crippen LogP contribution in [0.3, 0.4) is 0 Å². The van der Waals surface area contributed by atoms with Crippen LogP contribution in [0.2, 0.25) is 0 Å². The van der Waals surface area contributed by atoms with Gasteiger partial charge < -0.3 is 9.47 Å². The summed E-state index contributed by atoms with van der Waals surface area (Å²) in [6, 6.07) is 0. The van der Waals surface area contributed by atoms with Crippen molar-refractivity contribution in [3.05, 3.63) is 23.4 Å². The Morgan fingerprint density at radius 2 is 2.11 bits per heavy atom. The van der Waals surface area contributed by atoms with Gasteiger partial charge in [-0.1, -0.05) is 6.08 Å². The Hall–Kier alpha value is -1.46. The smallest absolute Gasteiger partial charge is 0.333 e. The van der Waals surface area contributed by atoms with Crippen LogP contribution in [0.4, 0.5) is 0 Å². The topological polar surface area (TPSA) is 51.1 Å². The van der Waals surface area contributed by atoms with Crippen molar-refractivity contribution in [2.24, 2.45) is 4.99 Å². The van der Waals surface area contributed by atoms with Gasteiger partial charge in [0, 0.05) is 25.2 Å². The number of methoxy groups -OCH3 is 1. The van der Waals surface area contributed by atoms with Gasteiger partial charge in [-0.05, 0) is 19.7 Å². The predicted octanol–water partition coefficient (Wildman–Crippen LogP) is 1.02. The first-order chi connectivity index (χ1) is 8.67. The molecule has 1 aliphatic rings. The van der Waals surface area contributed by atoms with E-state index in [-0.39, 0.29) is 5.97 Å². The van der Waals surface area contributed by atoms with E-state index in [2.05, 4.69) is 21.3 Å². The highest BCUT2D eigenvalue weighted by atomic mass is 16.5. The molecule has 0 aromatic carbocycles. The van der Waals surface area contributed by atoms with E-state index in [1.54, 1.807) is 19.1 Å². The average molecular weight is 252 g/mol. The first-order valence-corrected chi connectivity index (χ1v) is 5.90. The van der Waals surface area contributed by atoms with E-state index in [0.717, 1.165) is 38.5 Å². The summed E-state index contributed by atoms with van der Waals surface area (Å²) in [7, 11) is 1.36. The highest BCUT2D eigenvalue weighted by Crippen LogP contribution is 2.06. The van der Waals surface area contributed by atoms with Crippen LogP contribution in [-0.4, -0.2) is 57.5 Å². The third-order valence-electron chi connectivity index (χ3n) is 2.73. The lowest BCUT2D eigenvalue weighted by Gasteiger charge is -2.26. The molecule has 0 bridgehead atoms. The van der Waals surface area contributed by atoms with Gasteiger partial charge in [-0.25, -0.2) is 4.79 Å². The Morgan fingerprint density at radius 3 is 2.67 bits per heavy atom. The van der Waals surface area contributed by atoms with Crippen LogP contribution < -0.4 is 0 Å². The Kier molecular flexibility index (Phi) is 6.32. The SMILES string of the molecule is C=N/C(=C\C=C(/C)C(=O)OC)CN1CCOCC1. The molecule has 0 aromatic rings. The minimum absolute atomic E-state index is 0.332. The van der Waals surface area contributed by atoms with E-state index in [1.165, 1.54) is 7.11 Å². The fourth-order valence-corrected chi connectivity index (χ4v) is 1.59. The third kappa shape index (κ3) is 4.81. The molecule has 5 heteroatoms. The molecule has 0 atom stereocenters. The number of carbonyl (C=O) groups excluding carboxylic acids is 1. The van der Waals surface area contributed by atoms with Crippen molar-refractivity contribution in [2.45, 2.75) is 6.92 Å². The van der Waals surface area contributed by atoms with Crippen LogP contribution in [0.15, 0.2) is 28.4 Å². The monoisotopic (exact) mass is 252 g/mol. The number of morpholine rings is 1. The Morgan fingerprint density at radius 1 is 1.44 bits per heavy atom. The summed E-state index contributed by atoms with van der Waals surface area (Å²) < 4.78 is 9.90. The highest BCUT2D eigenvalue weighted by Gasteiger charge is 2.11. The zero-order valence-electron chi connectivity index (χ0n) is 11.0. The lowest BCUT2D eigenvalue weighted by atomic mass is 10.2. The van der Waals surface area contributed by atoms with E-state index >= 15 is 0 Å². The molecule has 0 aliphatic carbocycles. The first kappa shape index (κ1) is 14.6. The molecule has 0 N–H and O–H groups in total. The van der Waals surface area contributed by atoms with E-state index in [9.17, 15) is 4.79 Å². The molecule has 5 nitrogen and oxygen atoms in total.